The predicted octanol–water partition coefficient (Wildman–Crippen LogP) is 5.28. The van der Waals surface area contributed by atoms with E-state index in [4.69, 9.17) is 0 Å². The maximum Gasteiger partial charge on any atom is -0.0321 e. The molecule has 0 aromatic carbocycles. The Morgan fingerprint density at radius 2 is 0.947 bits per heavy atom. The van der Waals surface area contributed by atoms with E-state index in [-0.39, 0.29) is 0 Å². The lowest BCUT2D eigenvalue weighted by Gasteiger charge is -2.62. The number of hydrogen-bond acceptors (Lipinski definition) is 0. The van der Waals surface area contributed by atoms with Crippen LogP contribution in [0.2, 0.25) is 0 Å². The summed E-state index contributed by atoms with van der Waals surface area (Å²) < 4.78 is 0. The topological polar surface area (TPSA) is 0 Å². The van der Waals surface area contributed by atoms with Crippen LogP contribution in [0.5, 0.6) is 0 Å². The minimum atomic E-state index is 1.16. The van der Waals surface area contributed by atoms with Crippen LogP contribution in [-0.4, -0.2) is 0 Å². The van der Waals surface area contributed by atoms with Crippen LogP contribution in [0.3, 0.4) is 0 Å². The van der Waals surface area contributed by atoms with Crippen LogP contribution in [0.1, 0.15) is 70.6 Å². The molecule has 8 unspecified atom stereocenters. The average Bonchev–Trinajstić information content (AvgIpc) is 2.86. The monoisotopic (exact) mass is 258 g/mol. The Balaban J connectivity index is 1.40. The second-order valence-electron chi connectivity index (χ2n) is 8.69. The Hall–Kier alpha value is 0. The minimum absolute atomic E-state index is 1.16. The second-order valence-corrected chi connectivity index (χ2v) is 8.69. The molecule has 0 bridgehead atoms. The van der Waals surface area contributed by atoms with Crippen LogP contribution in [0, 0.1) is 47.3 Å². The van der Waals surface area contributed by atoms with E-state index in [2.05, 4.69) is 0 Å². The summed E-state index contributed by atoms with van der Waals surface area (Å²) in [5.74, 6) is 9.54. The molecule has 8 atom stereocenters. The first-order chi connectivity index (χ1) is 9.43. The van der Waals surface area contributed by atoms with E-state index in [9.17, 15) is 0 Å². The molecule has 0 nitrogen and oxygen atoms in total. The Morgan fingerprint density at radius 1 is 0.368 bits per heavy atom. The highest BCUT2D eigenvalue weighted by Gasteiger charge is 2.59. The average molecular weight is 258 g/mol. The van der Waals surface area contributed by atoms with Gasteiger partial charge in [-0.25, -0.2) is 0 Å². The predicted molar refractivity (Wildman–Crippen MR) is 78.7 cm³/mol. The summed E-state index contributed by atoms with van der Waals surface area (Å²) >= 11 is 0. The van der Waals surface area contributed by atoms with Crippen molar-refractivity contribution in [2.24, 2.45) is 47.3 Å². The zero-order valence-corrected chi connectivity index (χ0v) is 12.4. The van der Waals surface area contributed by atoms with Crippen LogP contribution >= 0.6 is 0 Å². The molecule has 0 N–H and O–H groups in total. The van der Waals surface area contributed by atoms with Gasteiger partial charge in [0.1, 0.15) is 0 Å². The van der Waals surface area contributed by atoms with Gasteiger partial charge >= 0.3 is 0 Å². The molecular weight excluding hydrogens is 228 g/mol. The summed E-state index contributed by atoms with van der Waals surface area (Å²) in [6.07, 6.45) is 17.6. The van der Waals surface area contributed by atoms with Gasteiger partial charge in [-0.15, -0.1) is 0 Å². The maximum atomic E-state index is 1.64. The summed E-state index contributed by atoms with van der Waals surface area (Å²) in [5, 5.41) is 0. The fourth-order valence-corrected chi connectivity index (χ4v) is 7.91. The molecule has 5 saturated carbocycles. The highest BCUT2D eigenvalue weighted by molar-refractivity contribution is 5.08. The SMILES string of the molecule is C1CCC2C(C1)CCC1C2CCC2C3CCCC3C12. The Bertz CT molecular complexity index is 359. The van der Waals surface area contributed by atoms with Crippen LogP contribution < -0.4 is 0 Å². The van der Waals surface area contributed by atoms with E-state index in [1.165, 1.54) is 41.4 Å². The Morgan fingerprint density at radius 3 is 1.89 bits per heavy atom. The molecular formula is C19H30. The third-order valence-electron chi connectivity index (χ3n) is 8.43. The van der Waals surface area contributed by atoms with Crippen molar-refractivity contribution in [2.75, 3.05) is 0 Å². The van der Waals surface area contributed by atoms with E-state index >= 15 is 0 Å². The second kappa shape index (κ2) is 4.25. The highest BCUT2D eigenvalue weighted by Crippen LogP contribution is 2.67. The van der Waals surface area contributed by atoms with Crippen LogP contribution in [0.25, 0.3) is 0 Å². The molecule has 0 aromatic rings. The summed E-state index contributed by atoms with van der Waals surface area (Å²) in [4.78, 5) is 0. The molecule has 0 aliphatic heterocycles. The van der Waals surface area contributed by atoms with Gasteiger partial charge in [0, 0.05) is 0 Å². The van der Waals surface area contributed by atoms with Gasteiger partial charge < -0.3 is 0 Å². The molecule has 19 heavy (non-hydrogen) atoms. The molecule has 0 saturated heterocycles. The smallest absolute Gasteiger partial charge is 0.0321 e. The number of fused-ring (bicyclic) bond motifs is 8. The first-order valence-corrected chi connectivity index (χ1v) is 9.43. The molecule has 5 aliphatic carbocycles. The highest BCUT2D eigenvalue weighted by atomic mass is 14.6. The molecule has 0 radical (unpaired) electrons. The molecule has 0 spiro atoms. The standard InChI is InChI=1S/C19H30/c1-2-5-13-12(4-1)8-9-17-15(13)10-11-18-14-6-3-7-16(14)19(17)18/h12-19H,1-11H2. The van der Waals surface area contributed by atoms with Crippen molar-refractivity contribution in [3.05, 3.63) is 0 Å². The normalized spacial score (nSPS) is 59.4. The fraction of sp³-hybridized carbons (Fsp3) is 1.00. The van der Waals surface area contributed by atoms with Gasteiger partial charge in [-0.1, -0.05) is 25.7 Å². The summed E-state index contributed by atoms with van der Waals surface area (Å²) in [6, 6.07) is 0. The Labute approximate surface area is 118 Å². The molecule has 5 rings (SSSR count). The minimum Gasteiger partial charge on any atom is -0.0530 e. The largest absolute Gasteiger partial charge is 0.0530 e. The summed E-state index contributed by atoms with van der Waals surface area (Å²) in [6.45, 7) is 0. The quantitative estimate of drug-likeness (QED) is 0.555. The lowest BCUT2D eigenvalue weighted by atomic mass is 9.43. The first kappa shape index (κ1) is 11.6. The lowest BCUT2D eigenvalue weighted by molar-refractivity contribution is -0.132. The number of hydrogen-bond donors (Lipinski definition) is 0. The molecule has 0 amide bonds. The van der Waals surface area contributed by atoms with Gasteiger partial charge in [0.2, 0.25) is 0 Å². The van der Waals surface area contributed by atoms with E-state index in [1.807, 2.05) is 0 Å². The summed E-state index contributed by atoms with van der Waals surface area (Å²) in [7, 11) is 0. The third kappa shape index (κ3) is 1.52. The van der Waals surface area contributed by atoms with Crippen molar-refractivity contribution in [1.82, 2.24) is 0 Å². The van der Waals surface area contributed by atoms with Crippen molar-refractivity contribution in [3.8, 4) is 0 Å². The zero-order valence-electron chi connectivity index (χ0n) is 12.4. The molecule has 5 aliphatic rings. The molecule has 0 aromatic heterocycles. The molecule has 0 heterocycles. The van der Waals surface area contributed by atoms with Gasteiger partial charge in [-0.2, -0.15) is 0 Å². The van der Waals surface area contributed by atoms with E-state index in [0.717, 1.165) is 5.92 Å². The fourth-order valence-electron chi connectivity index (χ4n) is 7.91. The zero-order chi connectivity index (χ0) is 12.4. The molecule has 0 heteroatoms. The van der Waals surface area contributed by atoms with E-state index in [0.29, 0.717) is 0 Å². The van der Waals surface area contributed by atoms with Crippen molar-refractivity contribution in [3.63, 3.8) is 0 Å². The maximum absolute atomic E-state index is 1.64. The number of rotatable bonds is 0. The van der Waals surface area contributed by atoms with Gasteiger partial charge in [0.05, 0.1) is 0 Å². The third-order valence-corrected chi connectivity index (χ3v) is 8.43. The van der Waals surface area contributed by atoms with E-state index < -0.39 is 0 Å². The van der Waals surface area contributed by atoms with Crippen molar-refractivity contribution in [2.45, 2.75) is 70.6 Å². The van der Waals surface area contributed by atoms with Crippen molar-refractivity contribution >= 4 is 0 Å². The van der Waals surface area contributed by atoms with Crippen LogP contribution in [-0.2, 0) is 0 Å². The molecule has 5 fully saturated rings. The van der Waals surface area contributed by atoms with Crippen molar-refractivity contribution in [1.29, 1.82) is 0 Å². The van der Waals surface area contributed by atoms with Gasteiger partial charge in [-0.05, 0) is 92.3 Å². The Kier molecular flexibility index (Phi) is 2.60. The van der Waals surface area contributed by atoms with Gasteiger partial charge in [0.15, 0.2) is 0 Å². The lowest BCUT2D eigenvalue weighted by Crippen LogP contribution is -2.55. The van der Waals surface area contributed by atoms with Crippen LogP contribution in [0.4, 0.5) is 0 Å². The van der Waals surface area contributed by atoms with Gasteiger partial charge in [0.25, 0.3) is 0 Å². The summed E-state index contributed by atoms with van der Waals surface area (Å²) in [5.41, 5.74) is 0. The van der Waals surface area contributed by atoms with E-state index in [1.54, 1.807) is 70.6 Å². The van der Waals surface area contributed by atoms with Crippen LogP contribution in [0.15, 0.2) is 0 Å². The van der Waals surface area contributed by atoms with Gasteiger partial charge in [-0.3, -0.25) is 0 Å². The van der Waals surface area contributed by atoms with Crippen molar-refractivity contribution < 1.29 is 0 Å². The first-order valence-electron chi connectivity index (χ1n) is 9.43. The molecule has 106 valence electrons.